The first kappa shape index (κ1) is 18.7. The molecule has 1 rings (SSSR count). The molecule has 4 N–H and O–H groups in total. The predicted molar refractivity (Wildman–Crippen MR) is 67.8 cm³/mol. The lowest BCUT2D eigenvalue weighted by Crippen LogP contribution is -2.55. The highest BCUT2D eigenvalue weighted by Crippen LogP contribution is 2.04. The number of nitrogens with zero attached hydrogens (tertiary/aromatic N) is 1. The zero-order chi connectivity index (χ0) is 15.1. The van der Waals surface area contributed by atoms with Gasteiger partial charge in [-0.25, -0.2) is 0 Å². The van der Waals surface area contributed by atoms with Crippen LogP contribution in [0.1, 0.15) is 6.42 Å². The van der Waals surface area contributed by atoms with Crippen LogP contribution in [0.4, 0.5) is 4.39 Å². The molecular weight excluding hydrogens is 303 g/mol. The first-order valence-corrected chi connectivity index (χ1v) is 8.69. The van der Waals surface area contributed by atoms with Gasteiger partial charge >= 0.3 is 0 Å². The van der Waals surface area contributed by atoms with Gasteiger partial charge in [0.15, 0.2) is 0 Å². The molecule has 116 valence electrons. The second-order valence-corrected chi connectivity index (χ2v) is 7.28. The Morgan fingerprint density at radius 3 is 1.79 bits per heavy atom. The van der Waals surface area contributed by atoms with E-state index in [9.17, 15) is 21.2 Å². The quantitative estimate of drug-likeness (QED) is 0.516. The van der Waals surface area contributed by atoms with Gasteiger partial charge < -0.3 is 10.6 Å². The standard InChI is InChI=1S/C6H13FN2.C2H6O6S2/c7-2-1-3-9-4-6(8)5-9;3-9(4,5)1-2-10(6,7)8/h6H,1-5,8H2;1-2H2,(H,3,4,5)(H,6,7,8). The van der Waals surface area contributed by atoms with E-state index in [1.54, 1.807) is 0 Å². The van der Waals surface area contributed by atoms with Gasteiger partial charge in [-0.1, -0.05) is 0 Å². The Hall–Kier alpha value is -0.330. The molecule has 1 saturated heterocycles. The monoisotopic (exact) mass is 322 g/mol. The van der Waals surface area contributed by atoms with Crippen molar-refractivity contribution in [3.05, 3.63) is 0 Å². The first-order valence-electron chi connectivity index (χ1n) is 5.47. The second-order valence-electron chi connectivity index (χ2n) is 4.13. The van der Waals surface area contributed by atoms with E-state index in [1.165, 1.54) is 0 Å². The summed E-state index contributed by atoms with van der Waals surface area (Å²) in [5.41, 5.74) is 5.51. The molecule has 0 spiro atoms. The third-order valence-electron chi connectivity index (χ3n) is 2.19. The van der Waals surface area contributed by atoms with E-state index < -0.39 is 31.7 Å². The summed E-state index contributed by atoms with van der Waals surface area (Å²) < 4.78 is 66.9. The molecule has 19 heavy (non-hydrogen) atoms. The third-order valence-corrected chi connectivity index (χ3v) is 3.89. The molecule has 0 atom stereocenters. The van der Waals surface area contributed by atoms with Gasteiger partial charge in [-0.2, -0.15) is 16.8 Å². The van der Waals surface area contributed by atoms with Gasteiger partial charge in [-0.15, -0.1) is 0 Å². The van der Waals surface area contributed by atoms with E-state index in [0.29, 0.717) is 12.5 Å². The summed E-state index contributed by atoms with van der Waals surface area (Å²) in [4.78, 5) is 2.17. The van der Waals surface area contributed by atoms with Crippen molar-refractivity contribution in [3.8, 4) is 0 Å². The number of nitrogens with two attached hydrogens (primary N) is 1. The predicted octanol–water partition coefficient (Wildman–Crippen LogP) is -1.25. The molecule has 1 fully saturated rings. The molecule has 0 aromatic rings. The van der Waals surface area contributed by atoms with Crippen molar-refractivity contribution in [3.63, 3.8) is 0 Å². The van der Waals surface area contributed by atoms with Gasteiger partial charge in [0.2, 0.25) is 0 Å². The third kappa shape index (κ3) is 12.4. The molecule has 1 aliphatic rings. The van der Waals surface area contributed by atoms with Crippen molar-refractivity contribution in [2.45, 2.75) is 12.5 Å². The molecule has 0 aliphatic carbocycles. The number of alkyl halides is 1. The Morgan fingerprint density at radius 2 is 1.53 bits per heavy atom. The fourth-order valence-electron chi connectivity index (χ4n) is 1.29. The van der Waals surface area contributed by atoms with Crippen LogP contribution in [0, 0.1) is 0 Å². The summed E-state index contributed by atoms with van der Waals surface area (Å²) in [6, 6.07) is 0.351. The zero-order valence-corrected chi connectivity index (χ0v) is 11.9. The van der Waals surface area contributed by atoms with E-state index in [1.807, 2.05) is 0 Å². The molecule has 0 amide bonds. The van der Waals surface area contributed by atoms with E-state index >= 15 is 0 Å². The number of rotatable bonds is 6. The lowest BCUT2D eigenvalue weighted by atomic mass is 10.1. The van der Waals surface area contributed by atoms with Crippen LogP contribution < -0.4 is 5.73 Å². The molecule has 0 radical (unpaired) electrons. The smallest absolute Gasteiger partial charge is 0.265 e. The lowest BCUT2D eigenvalue weighted by Gasteiger charge is -2.36. The molecule has 0 aromatic carbocycles. The largest absolute Gasteiger partial charge is 0.325 e. The highest BCUT2D eigenvalue weighted by molar-refractivity contribution is 7.89. The molecule has 1 aliphatic heterocycles. The fourth-order valence-corrected chi connectivity index (χ4v) is 2.97. The number of hydrogen-bond donors (Lipinski definition) is 3. The minimum atomic E-state index is -4.30. The Balaban J connectivity index is 0.000000342. The van der Waals surface area contributed by atoms with Gasteiger partial charge in [0.25, 0.3) is 20.2 Å². The van der Waals surface area contributed by atoms with Crippen LogP contribution >= 0.6 is 0 Å². The van der Waals surface area contributed by atoms with Gasteiger partial charge in [0, 0.05) is 25.7 Å². The molecule has 11 heteroatoms. The maximum Gasteiger partial charge on any atom is 0.265 e. The average molecular weight is 322 g/mol. The van der Waals surface area contributed by atoms with Crippen LogP contribution in [-0.2, 0) is 20.2 Å². The number of hydrogen-bond acceptors (Lipinski definition) is 6. The lowest BCUT2D eigenvalue weighted by molar-refractivity contribution is 0.145. The van der Waals surface area contributed by atoms with Crippen LogP contribution in [0.5, 0.6) is 0 Å². The van der Waals surface area contributed by atoms with Crippen LogP contribution in [0.15, 0.2) is 0 Å². The Kier molecular flexibility index (Phi) is 7.93. The summed E-state index contributed by atoms with van der Waals surface area (Å²) in [7, 11) is -8.59. The highest BCUT2D eigenvalue weighted by Gasteiger charge is 2.21. The minimum absolute atomic E-state index is 0.203. The zero-order valence-electron chi connectivity index (χ0n) is 10.3. The van der Waals surface area contributed by atoms with Crippen molar-refractivity contribution < 1.29 is 30.3 Å². The summed E-state index contributed by atoms with van der Waals surface area (Å²) in [5.74, 6) is -1.96. The normalized spacial score (nSPS) is 17.5. The van der Waals surface area contributed by atoms with E-state index in [2.05, 4.69) is 4.90 Å². The second kappa shape index (κ2) is 8.07. The Labute approximate surface area is 112 Å². The summed E-state index contributed by atoms with van der Waals surface area (Å²) >= 11 is 0. The van der Waals surface area contributed by atoms with Crippen LogP contribution in [0.25, 0.3) is 0 Å². The molecule has 0 aromatic heterocycles. The van der Waals surface area contributed by atoms with Gasteiger partial charge in [0.05, 0.1) is 18.2 Å². The topological polar surface area (TPSA) is 138 Å². The van der Waals surface area contributed by atoms with E-state index in [4.69, 9.17) is 14.8 Å². The van der Waals surface area contributed by atoms with Crippen molar-refractivity contribution in [2.75, 3.05) is 37.8 Å². The van der Waals surface area contributed by atoms with Crippen LogP contribution in [-0.4, -0.2) is 74.7 Å². The summed E-state index contributed by atoms with van der Waals surface area (Å²) in [6.07, 6.45) is 0.659. The molecule has 0 saturated carbocycles. The number of likely N-dealkylation sites (tertiary alicyclic amines) is 1. The van der Waals surface area contributed by atoms with E-state index in [0.717, 1.165) is 19.6 Å². The van der Waals surface area contributed by atoms with Crippen molar-refractivity contribution in [2.24, 2.45) is 5.73 Å². The highest BCUT2D eigenvalue weighted by atomic mass is 32.2. The summed E-state index contributed by atoms with van der Waals surface area (Å²) in [6.45, 7) is 2.59. The number of halogens is 1. The van der Waals surface area contributed by atoms with Crippen LogP contribution in [0.3, 0.4) is 0 Å². The SMILES string of the molecule is NC1CN(CCCF)C1.O=S(=O)(O)CCS(=O)(=O)O. The van der Waals surface area contributed by atoms with Gasteiger partial charge in [-0.05, 0) is 6.42 Å². The molecule has 1 heterocycles. The molecule has 0 unspecified atom stereocenters. The van der Waals surface area contributed by atoms with Gasteiger partial charge in [0.1, 0.15) is 0 Å². The molecular formula is C8H19FN2O6S2. The van der Waals surface area contributed by atoms with Crippen molar-refractivity contribution in [1.82, 2.24) is 4.90 Å². The van der Waals surface area contributed by atoms with Crippen molar-refractivity contribution >= 4 is 20.2 Å². The summed E-state index contributed by atoms with van der Waals surface area (Å²) in [5, 5.41) is 0. The van der Waals surface area contributed by atoms with E-state index in [-0.39, 0.29) is 6.67 Å². The maximum atomic E-state index is 11.6. The van der Waals surface area contributed by atoms with Crippen LogP contribution in [0.2, 0.25) is 0 Å². The molecule has 0 bridgehead atoms. The average Bonchev–Trinajstić information content (AvgIpc) is 2.19. The first-order chi connectivity index (χ1) is 8.53. The Bertz CT molecular complexity index is 414. The fraction of sp³-hybridized carbons (Fsp3) is 1.00. The maximum absolute atomic E-state index is 11.6. The van der Waals surface area contributed by atoms with Gasteiger partial charge in [-0.3, -0.25) is 13.5 Å². The van der Waals surface area contributed by atoms with Crippen molar-refractivity contribution in [1.29, 1.82) is 0 Å². The Morgan fingerprint density at radius 1 is 1.11 bits per heavy atom. The molecule has 8 nitrogen and oxygen atoms in total. The minimum Gasteiger partial charge on any atom is -0.325 e.